The molecule has 0 aromatic carbocycles. The van der Waals surface area contributed by atoms with Gasteiger partial charge < -0.3 is 20.6 Å². The van der Waals surface area contributed by atoms with Crippen LogP contribution in [0.2, 0.25) is 0 Å². The van der Waals surface area contributed by atoms with Crippen molar-refractivity contribution in [2.45, 2.75) is 25.2 Å². The highest BCUT2D eigenvalue weighted by Gasteiger charge is 2.42. The Labute approximate surface area is 181 Å². The van der Waals surface area contributed by atoms with Gasteiger partial charge in [0.1, 0.15) is 17.8 Å². The molecule has 5 aromatic rings. The summed E-state index contributed by atoms with van der Waals surface area (Å²) >= 11 is 0. The third kappa shape index (κ3) is 2.86. The van der Waals surface area contributed by atoms with E-state index in [0.717, 1.165) is 35.2 Å². The third-order valence-electron chi connectivity index (χ3n) is 5.94. The Morgan fingerprint density at radius 3 is 2.97 bits per heavy atom. The van der Waals surface area contributed by atoms with E-state index in [1.807, 2.05) is 22.9 Å². The van der Waals surface area contributed by atoms with E-state index in [1.165, 1.54) is 6.33 Å². The van der Waals surface area contributed by atoms with Gasteiger partial charge in [-0.3, -0.25) is 9.72 Å². The molecule has 0 unspecified atom stereocenters. The fourth-order valence-electron chi connectivity index (χ4n) is 3.85. The van der Waals surface area contributed by atoms with Gasteiger partial charge in [0.05, 0.1) is 22.5 Å². The van der Waals surface area contributed by atoms with Gasteiger partial charge in [-0.1, -0.05) is 12.1 Å². The van der Waals surface area contributed by atoms with Gasteiger partial charge in [0, 0.05) is 35.6 Å². The van der Waals surface area contributed by atoms with Gasteiger partial charge in [-0.25, -0.2) is 19.7 Å². The maximum atomic E-state index is 12.6. The van der Waals surface area contributed by atoms with Crippen molar-refractivity contribution in [1.29, 1.82) is 0 Å². The number of amides is 2. The molecule has 6 rings (SSSR count). The zero-order valence-corrected chi connectivity index (χ0v) is 17.1. The number of fused-ring (bicyclic) bond motifs is 2. The van der Waals surface area contributed by atoms with Gasteiger partial charge in [0.25, 0.3) is 0 Å². The average molecular weight is 429 g/mol. The van der Waals surface area contributed by atoms with E-state index < -0.39 is 6.03 Å². The van der Waals surface area contributed by atoms with Crippen LogP contribution in [0.5, 0.6) is 0 Å². The summed E-state index contributed by atoms with van der Waals surface area (Å²) in [7, 11) is 0. The molecule has 0 radical (unpaired) electrons. The molecule has 0 saturated heterocycles. The zero-order valence-electron chi connectivity index (χ0n) is 17.1. The van der Waals surface area contributed by atoms with Gasteiger partial charge >= 0.3 is 6.03 Å². The van der Waals surface area contributed by atoms with Crippen molar-refractivity contribution < 1.29 is 9.32 Å². The number of hydrogen-bond donors (Lipinski definition) is 4. The molecule has 5 heterocycles. The normalized spacial score (nSPS) is 14.7. The van der Waals surface area contributed by atoms with Crippen molar-refractivity contribution >= 4 is 40.1 Å². The maximum Gasteiger partial charge on any atom is 0.326 e. The molecule has 11 heteroatoms. The number of hydrogen-bond acceptors (Lipinski definition) is 7. The van der Waals surface area contributed by atoms with E-state index in [-0.39, 0.29) is 5.41 Å². The summed E-state index contributed by atoms with van der Waals surface area (Å²) in [6.45, 7) is 2.12. The Hall–Kier alpha value is -4.41. The minimum Gasteiger partial charge on any atom is -0.383 e. The topological polar surface area (TPSA) is 152 Å². The number of aromatic amines is 1. The van der Waals surface area contributed by atoms with Crippen LogP contribution in [0.15, 0.2) is 47.6 Å². The molecule has 5 N–H and O–H groups in total. The SMILES string of the molecule is CC1(c2cc(NC(=O)Nc3ccc(-c4c[nH]c5ncnc(N)c45)n4ccnc34)on2)CC1. The second-order valence-corrected chi connectivity index (χ2v) is 8.15. The van der Waals surface area contributed by atoms with Crippen LogP contribution < -0.4 is 16.4 Å². The molecule has 2 amide bonds. The minimum absolute atomic E-state index is 0.0641. The fraction of sp³-hybridized carbons (Fsp3) is 0.190. The molecule has 160 valence electrons. The van der Waals surface area contributed by atoms with Gasteiger partial charge in [0.15, 0.2) is 5.65 Å². The lowest BCUT2D eigenvalue weighted by atomic mass is 10.1. The number of nitrogens with one attached hydrogen (secondary N) is 3. The number of H-pyrrole nitrogens is 1. The monoisotopic (exact) mass is 429 g/mol. The van der Waals surface area contributed by atoms with E-state index in [9.17, 15) is 4.79 Å². The number of nitrogens with two attached hydrogens (primary N) is 1. The maximum absolute atomic E-state index is 12.6. The Bertz CT molecular complexity index is 1490. The van der Waals surface area contributed by atoms with Crippen molar-refractivity contribution in [1.82, 2.24) is 29.5 Å². The highest BCUT2D eigenvalue weighted by molar-refractivity contribution is 6.03. The highest BCUT2D eigenvalue weighted by Crippen LogP contribution is 2.47. The van der Waals surface area contributed by atoms with Crippen LogP contribution in [0.4, 0.5) is 22.2 Å². The number of rotatable bonds is 4. The van der Waals surface area contributed by atoms with Crippen molar-refractivity contribution in [3.05, 3.63) is 48.8 Å². The quantitative estimate of drug-likeness (QED) is 0.341. The number of aromatic nitrogens is 6. The number of carbonyl (C=O) groups excluding carboxylic acids is 1. The second kappa shape index (κ2) is 6.54. The van der Waals surface area contributed by atoms with E-state index in [4.69, 9.17) is 10.3 Å². The number of nitrogen functional groups attached to an aromatic ring is 1. The number of carbonyl (C=O) groups is 1. The first-order valence-electron chi connectivity index (χ1n) is 10.1. The Morgan fingerprint density at radius 1 is 1.25 bits per heavy atom. The van der Waals surface area contributed by atoms with Gasteiger partial charge in [-0.15, -0.1) is 0 Å². The molecule has 0 spiro atoms. The highest BCUT2D eigenvalue weighted by atomic mass is 16.5. The molecule has 0 aliphatic heterocycles. The van der Waals surface area contributed by atoms with Crippen LogP contribution >= 0.6 is 0 Å². The van der Waals surface area contributed by atoms with Crippen molar-refractivity contribution in [3.8, 4) is 11.3 Å². The smallest absolute Gasteiger partial charge is 0.326 e. The van der Waals surface area contributed by atoms with Crippen molar-refractivity contribution in [2.24, 2.45) is 0 Å². The largest absolute Gasteiger partial charge is 0.383 e. The van der Waals surface area contributed by atoms with E-state index in [1.54, 1.807) is 18.3 Å². The number of anilines is 3. The van der Waals surface area contributed by atoms with Crippen molar-refractivity contribution in [3.63, 3.8) is 0 Å². The Balaban J connectivity index is 1.30. The first-order chi connectivity index (χ1) is 15.5. The van der Waals surface area contributed by atoms with Gasteiger partial charge in [-0.05, 0) is 25.0 Å². The summed E-state index contributed by atoms with van der Waals surface area (Å²) in [5.41, 5.74) is 10.4. The molecule has 32 heavy (non-hydrogen) atoms. The second-order valence-electron chi connectivity index (χ2n) is 8.15. The molecular weight excluding hydrogens is 410 g/mol. The summed E-state index contributed by atoms with van der Waals surface area (Å²) in [4.78, 5) is 28.4. The minimum atomic E-state index is -0.448. The first kappa shape index (κ1) is 18.4. The predicted octanol–water partition coefficient (Wildman–Crippen LogP) is 3.54. The van der Waals surface area contributed by atoms with Gasteiger partial charge in [0.2, 0.25) is 5.88 Å². The van der Waals surface area contributed by atoms with E-state index in [2.05, 4.69) is 42.6 Å². The summed E-state index contributed by atoms with van der Waals surface area (Å²) in [6, 6.07) is 4.98. The van der Waals surface area contributed by atoms with E-state index in [0.29, 0.717) is 28.7 Å². The number of nitrogens with zero attached hydrogens (tertiary/aromatic N) is 5. The summed E-state index contributed by atoms with van der Waals surface area (Å²) in [5.74, 6) is 0.684. The van der Waals surface area contributed by atoms with Crippen molar-refractivity contribution in [2.75, 3.05) is 16.4 Å². The standard InChI is InChI=1S/C21H19N9O2/c1-21(4-5-21)14-8-15(32-29-14)28-20(31)27-12-2-3-13(30-7-6-23-19(12)30)11-9-24-18-16(11)17(22)25-10-26-18/h2-3,6-10H,4-5H2,1H3,(H2,27,28,31)(H3,22,24,25,26). The lowest BCUT2D eigenvalue weighted by Crippen LogP contribution is -2.19. The first-order valence-corrected chi connectivity index (χ1v) is 10.1. The molecule has 1 aliphatic carbocycles. The predicted molar refractivity (Wildman–Crippen MR) is 118 cm³/mol. The van der Waals surface area contributed by atoms with Crippen LogP contribution in [0.1, 0.15) is 25.5 Å². The van der Waals surface area contributed by atoms with Crippen LogP contribution in [0.25, 0.3) is 27.9 Å². The lowest BCUT2D eigenvalue weighted by molar-refractivity contribution is 0.261. The Morgan fingerprint density at radius 2 is 2.12 bits per heavy atom. The Kier molecular flexibility index (Phi) is 3.75. The fourth-order valence-corrected chi connectivity index (χ4v) is 3.85. The number of pyridine rings is 1. The summed E-state index contributed by atoms with van der Waals surface area (Å²) < 4.78 is 7.13. The molecular formula is C21H19N9O2. The van der Waals surface area contributed by atoms with Crippen LogP contribution in [0, 0.1) is 0 Å². The summed E-state index contributed by atoms with van der Waals surface area (Å²) in [5, 5.41) is 10.3. The summed E-state index contributed by atoms with van der Waals surface area (Å²) in [6.07, 6.45) is 8.86. The van der Waals surface area contributed by atoms with E-state index >= 15 is 0 Å². The number of urea groups is 1. The molecule has 5 aromatic heterocycles. The molecule has 0 atom stereocenters. The van der Waals surface area contributed by atoms with Crippen LogP contribution in [-0.2, 0) is 5.41 Å². The van der Waals surface area contributed by atoms with Gasteiger partial charge in [-0.2, -0.15) is 0 Å². The molecule has 1 fully saturated rings. The molecule has 1 saturated carbocycles. The molecule has 1 aliphatic rings. The average Bonchev–Trinajstić information content (AvgIpc) is 3.21. The third-order valence-corrected chi connectivity index (χ3v) is 5.94. The molecule has 0 bridgehead atoms. The van der Waals surface area contributed by atoms with Crippen LogP contribution in [0.3, 0.4) is 0 Å². The zero-order chi connectivity index (χ0) is 21.9. The lowest BCUT2D eigenvalue weighted by Gasteiger charge is -2.10. The number of imidazole rings is 1. The van der Waals surface area contributed by atoms with Crippen LogP contribution in [-0.4, -0.2) is 35.5 Å². The molecule has 11 nitrogen and oxygen atoms in total.